The van der Waals surface area contributed by atoms with Gasteiger partial charge >= 0.3 is 0 Å². The number of ether oxygens (including phenoxy) is 3. The lowest BCUT2D eigenvalue weighted by Gasteiger charge is -2.28. The molecule has 0 radical (unpaired) electrons. The Kier molecular flexibility index (Phi) is 7.21. The molecule has 0 amide bonds. The Hall–Kier alpha value is -4.52. The summed E-state index contributed by atoms with van der Waals surface area (Å²) in [5.41, 5.74) is 7.58. The molecule has 13 heteroatoms. The summed E-state index contributed by atoms with van der Waals surface area (Å²) in [7, 11) is 3.19. The van der Waals surface area contributed by atoms with Crippen molar-refractivity contribution >= 4 is 11.8 Å². The highest BCUT2D eigenvalue weighted by atomic mass is 16.5. The molecule has 0 saturated carbocycles. The highest BCUT2D eigenvalue weighted by molar-refractivity contribution is 5.44. The van der Waals surface area contributed by atoms with Crippen molar-refractivity contribution in [2.45, 2.75) is 13.0 Å². The normalized spacial score (nSPS) is 13.4. The number of nitrogens with two attached hydrogens (primary N) is 1. The number of aromatic nitrogens is 7. The zero-order chi connectivity index (χ0) is 25.6. The first-order valence-corrected chi connectivity index (χ1v) is 11.8. The van der Waals surface area contributed by atoms with Crippen LogP contribution in [-0.2, 0) is 13.0 Å². The topological polar surface area (TPSA) is 151 Å². The fraction of sp³-hybridized carbons (Fsp3) is 0.333. The van der Waals surface area contributed by atoms with Gasteiger partial charge in [0.15, 0.2) is 17.3 Å². The maximum absolute atomic E-state index is 5.93. The molecule has 1 aromatic carbocycles. The Morgan fingerprint density at radius 1 is 0.973 bits per heavy atom. The number of piperazine rings is 1. The van der Waals surface area contributed by atoms with Crippen LogP contribution >= 0.6 is 0 Å². The molecule has 192 valence electrons. The SMILES string of the molecule is COc1ccc(Cc2nc(N)nn2-c2cc(OCc3cncc(N4CCNCC4)n3)ncn2)cc1OC. The third-order valence-corrected chi connectivity index (χ3v) is 5.83. The first-order chi connectivity index (χ1) is 18.1. The third kappa shape index (κ3) is 5.67. The summed E-state index contributed by atoms with van der Waals surface area (Å²) in [6.07, 6.45) is 5.31. The average Bonchev–Trinajstić information content (AvgIpc) is 3.32. The molecule has 37 heavy (non-hydrogen) atoms. The van der Waals surface area contributed by atoms with E-state index >= 15 is 0 Å². The van der Waals surface area contributed by atoms with Gasteiger partial charge in [-0.05, 0) is 17.7 Å². The minimum absolute atomic E-state index is 0.136. The summed E-state index contributed by atoms with van der Waals surface area (Å²) < 4.78 is 18.2. The Morgan fingerprint density at radius 3 is 2.62 bits per heavy atom. The Bertz CT molecular complexity index is 1360. The summed E-state index contributed by atoms with van der Waals surface area (Å²) in [5, 5.41) is 7.66. The van der Waals surface area contributed by atoms with Crippen molar-refractivity contribution in [2.75, 3.05) is 51.0 Å². The molecule has 1 aliphatic heterocycles. The van der Waals surface area contributed by atoms with Gasteiger partial charge in [-0.2, -0.15) is 9.67 Å². The smallest absolute Gasteiger partial charge is 0.240 e. The second-order valence-corrected chi connectivity index (χ2v) is 8.27. The third-order valence-electron chi connectivity index (χ3n) is 5.83. The molecule has 0 spiro atoms. The number of nitrogens with zero attached hydrogens (tertiary/aromatic N) is 8. The molecule has 5 rings (SSSR count). The van der Waals surface area contributed by atoms with E-state index in [4.69, 9.17) is 19.9 Å². The van der Waals surface area contributed by atoms with Gasteiger partial charge in [-0.1, -0.05) is 6.07 Å². The number of nitrogen functional groups attached to an aromatic ring is 1. The highest BCUT2D eigenvalue weighted by Gasteiger charge is 2.16. The minimum Gasteiger partial charge on any atom is -0.493 e. The van der Waals surface area contributed by atoms with Gasteiger partial charge in [0.05, 0.1) is 32.3 Å². The predicted octanol–water partition coefficient (Wildman–Crippen LogP) is 1.03. The van der Waals surface area contributed by atoms with E-state index in [1.807, 2.05) is 18.2 Å². The lowest BCUT2D eigenvalue weighted by Crippen LogP contribution is -2.44. The van der Waals surface area contributed by atoms with Crippen LogP contribution in [0.1, 0.15) is 17.1 Å². The molecule has 13 nitrogen and oxygen atoms in total. The lowest BCUT2D eigenvalue weighted by molar-refractivity contribution is 0.288. The largest absolute Gasteiger partial charge is 0.493 e. The lowest BCUT2D eigenvalue weighted by atomic mass is 10.1. The number of benzene rings is 1. The Labute approximate surface area is 213 Å². The van der Waals surface area contributed by atoms with Crippen LogP contribution in [0, 0.1) is 0 Å². The van der Waals surface area contributed by atoms with Gasteiger partial charge < -0.3 is 30.2 Å². The van der Waals surface area contributed by atoms with Gasteiger partial charge in [-0.15, -0.1) is 5.10 Å². The van der Waals surface area contributed by atoms with Gasteiger partial charge in [0, 0.05) is 38.7 Å². The number of anilines is 2. The molecular weight excluding hydrogens is 476 g/mol. The first kappa shape index (κ1) is 24.2. The maximum Gasteiger partial charge on any atom is 0.240 e. The van der Waals surface area contributed by atoms with Gasteiger partial charge in [-0.25, -0.2) is 15.0 Å². The van der Waals surface area contributed by atoms with Crippen LogP contribution in [0.4, 0.5) is 11.8 Å². The van der Waals surface area contributed by atoms with E-state index in [-0.39, 0.29) is 12.6 Å². The van der Waals surface area contributed by atoms with E-state index < -0.39 is 0 Å². The Morgan fingerprint density at radius 2 is 1.81 bits per heavy atom. The van der Waals surface area contributed by atoms with Crippen LogP contribution < -0.4 is 30.2 Å². The standard InChI is InChI=1S/C24H28N10O3/c1-35-18-4-3-16(9-19(18)36-2)10-21-31-24(25)32-34(21)20-11-23(29-15-28-20)37-14-17-12-27-13-22(30-17)33-7-5-26-6-8-33/h3-4,9,11-13,15,26H,5-8,10,14H2,1-2H3,(H2,25,32). The molecule has 0 unspecified atom stereocenters. The summed E-state index contributed by atoms with van der Waals surface area (Å²) in [6, 6.07) is 7.34. The monoisotopic (exact) mass is 504 g/mol. The summed E-state index contributed by atoms with van der Waals surface area (Å²) in [4.78, 5) is 24.2. The molecule has 1 saturated heterocycles. The zero-order valence-electron chi connectivity index (χ0n) is 20.7. The summed E-state index contributed by atoms with van der Waals surface area (Å²) in [5.74, 6) is 3.69. The number of hydrogen-bond donors (Lipinski definition) is 2. The van der Waals surface area contributed by atoms with Crippen LogP contribution in [0.15, 0.2) is 43.0 Å². The molecule has 1 aliphatic rings. The fourth-order valence-corrected chi connectivity index (χ4v) is 4.02. The second-order valence-electron chi connectivity index (χ2n) is 8.27. The molecule has 0 bridgehead atoms. The van der Waals surface area contributed by atoms with Crippen LogP contribution in [0.2, 0.25) is 0 Å². The zero-order valence-corrected chi connectivity index (χ0v) is 20.7. The van der Waals surface area contributed by atoms with Gasteiger partial charge in [0.25, 0.3) is 0 Å². The molecule has 3 aromatic heterocycles. The number of rotatable bonds is 9. The molecule has 1 fully saturated rings. The minimum atomic E-state index is 0.136. The quantitative estimate of drug-likeness (QED) is 0.335. The highest BCUT2D eigenvalue weighted by Crippen LogP contribution is 2.28. The summed E-state index contributed by atoms with van der Waals surface area (Å²) in [6.45, 7) is 3.84. The van der Waals surface area contributed by atoms with E-state index in [1.54, 1.807) is 37.4 Å². The van der Waals surface area contributed by atoms with Crippen LogP contribution in [0.3, 0.4) is 0 Å². The molecular formula is C24H28N10O3. The van der Waals surface area contributed by atoms with Gasteiger partial charge in [-0.3, -0.25) is 4.98 Å². The van der Waals surface area contributed by atoms with Crippen molar-refractivity contribution in [1.29, 1.82) is 0 Å². The van der Waals surface area contributed by atoms with Crippen LogP contribution in [0.5, 0.6) is 17.4 Å². The van der Waals surface area contributed by atoms with E-state index in [1.165, 1.54) is 6.33 Å². The Balaban J connectivity index is 1.31. The fourth-order valence-electron chi connectivity index (χ4n) is 4.02. The number of nitrogens with one attached hydrogen (secondary N) is 1. The van der Waals surface area contributed by atoms with Crippen LogP contribution in [-0.4, -0.2) is 75.1 Å². The van der Waals surface area contributed by atoms with E-state index in [9.17, 15) is 0 Å². The van der Waals surface area contributed by atoms with E-state index in [0.717, 1.165) is 37.6 Å². The molecule has 3 N–H and O–H groups in total. The predicted molar refractivity (Wildman–Crippen MR) is 135 cm³/mol. The summed E-state index contributed by atoms with van der Waals surface area (Å²) >= 11 is 0. The van der Waals surface area contributed by atoms with Crippen molar-refractivity contribution < 1.29 is 14.2 Å². The first-order valence-electron chi connectivity index (χ1n) is 11.8. The molecule has 4 heterocycles. The van der Waals surface area contributed by atoms with Crippen molar-refractivity contribution in [3.05, 3.63) is 60.1 Å². The van der Waals surface area contributed by atoms with Crippen molar-refractivity contribution in [3.63, 3.8) is 0 Å². The van der Waals surface area contributed by atoms with Gasteiger partial charge in [0.1, 0.15) is 24.6 Å². The second kappa shape index (κ2) is 11.0. The molecule has 0 aliphatic carbocycles. The van der Waals surface area contributed by atoms with E-state index in [0.29, 0.717) is 41.1 Å². The van der Waals surface area contributed by atoms with Gasteiger partial charge in [0.2, 0.25) is 11.8 Å². The van der Waals surface area contributed by atoms with Crippen molar-refractivity contribution in [2.24, 2.45) is 0 Å². The molecule has 4 aromatic rings. The average molecular weight is 505 g/mol. The number of hydrogen-bond acceptors (Lipinski definition) is 12. The number of methoxy groups -OCH3 is 2. The van der Waals surface area contributed by atoms with Crippen molar-refractivity contribution in [3.8, 4) is 23.2 Å². The van der Waals surface area contributed by atoms with Crippen LogP contribution in [0.25, 0.3) is 5.82 Å². The molecule has 0 atom stereocenters. The maximum atomic E-state index is 5.93. The van der Waals surface area contributed by atoms with Crippen molar-refractivity contribution in [1.82, 2.24) is 40.0 Å². The van der Waals surface area contributed by atoms with E-state index in [2.05, 4.69) is 40.2 Å².